The number of Topliss-reactive ketones (excluding diaryl/α,β-unsaturated/α-hetero) is 1. The molecule has 0 aliphatic carbocycles. The first kappa shape index (κ1) is 15.5. The second-order valence-electron chi connectivity index (χ2n) is 5.20. The van der Waals surface area contributed by atoms with Crippen molar-refractivity contribution in [2.45, 2.75) is 20.0 Å². The number of fused-ring (bicyclic) bond motifs is 1. The van der Waals surface area contributed by atoms with Gasteiger partial charge in [0, 0.05) is 34.2 Å². The molecular formula is C19H16ClNO2. The van der Waals surface area contributed by atoms with E-state index in [1.807, 2.05) is 43.3 Å². The highest BCUT2D eigenvalue weighted by atomic mass is 35.5. The molecule has 3 rings (SSSR count). The minimum Gasteiger partial charge on any atom is -0.489 e. The molecule has 0 radical (unpaired) electrons. The lowest BCUT2D eigenvalue weighted by molar-refractivity contribution is 0.0988. The van der Waals surface area contributed by atoms with Gasteiger partial charge in [-0.2, -0.15) is 0 Å². The smallest absolute Gasteiger partial charge is 0.162 e. The summed E-state index contributed by atoms with van der Waals surface area (Å²) in [4.78, 5) is 16.0. The maximum atomic E-state index is 11.6. The Kier molecular flexibility index (Phi) is 4.58. The molecule has 2 aromatic carbocycles. The minimum absolute atomic E-state index is 0.129. The summed E-state index contributed by atoms with van der Waals surface area (Å²) in [6.07, 6.45) is 2.25. The Balaban J connectivity index is 1.79. The number of benzene rings is 2. The Morgan fingerprint density at radius 2 is 1.91 bits per heavy atom. The Morgan fingerprint density at radius 1 is 1.13 bits per heavy atom. The molecule has 4 heteroatoms. The number of rotatable bonds is 5. The number of hydrogen-bond acceptors (Lipinski definition) is 3. The number of pyridine rings is 1. The molecule has 0 saturated carbocycles. The van der Waals surface area contributed by atoms with E-state index in [-0.39, 0.29) is 5.78 Å². The third kappa shape index (κ3) is 3.35. The number of ether oxygens (including phenoxy) is 1. The molecule has 3 aromatic rings. The Labute approximate surface area is 139 Å². The minimum atomic E-state index is 0.129. The number of halogens is 1. The number of carbonyl (C=O) groups excluding carboxylic acids is 1. The molecule has 1 aromatic heterocycles. The van der Waals surface area contributed by atoms with Crippen LogP contribution in [0, 0.1) is 0 Å². The lowest BCUT2D eigenvalue weighted by atomic mass is 10.1. The predicted molar refractivity (Wildman–Crippen MR) is 92.1 cm³/mol. The highest BCUT2D eigenvalue weighted by molar-refractivity contribution is 6.35. The van der Waals surface area contributed by atoms with Gasteiger partial charge in [0.25, 0.3) is 0 Å². The summed E-state index contributed by atoms with van der Waals surface area (Å²) < 4.78 is 5.81. The second kappa shape index (κ2) is 6.80. The van der Waals surface area contributed by atoms with E-state index in [9.17, 15) is 4.79 Å². The molecule has 0 atom stereocenters. The van der Waals surface area contributed by atoms with Gasteiger partial charge in [-0.05, 0) is 42.5 Å². The molecule has 0 spiro atoms. The largest absolute Gasteiger partial charge is 0.489 e. The zero-order valence-corrected chi connectivity index (χ0v) is 13.5. The van der Waals surface area contributed by atoms with E-state index in [4.69, 9.17) is 16.3 Å². The van der Waals surface area contributed by atoms with Gasteiger partial charge in [0.05, 0.1) is 5.52 Å². The molecule has 23 heavy (non-hydrogen) atoms. The van der Waals surface area contributed by atoms with Crippen LogP contribution in [0.25, 0.3) is 10.9 Å². The van der Waals surface area contributed by atoms with Crippen LogP contribution in [0.3, 0.4) is 0 Å². The maximum absolute atomic E-state index is 11.6. The van der Waals surface area contributed by atoms with Crippen LogP contribution in [0.5, 0.6) is 5.75 Å². The van der Waals surface area contributed by atoms with E-state index in [0.29, 0.717) is 23.6 Å². The van der Waals surface area contributed by atoms with Gasteiger partial charge in [-0.15, -0.1) is 0 Å². The molecule has 0 bridgehead atoms. The van der Waals surface area contributed by atoms with Crippen molar-refractivity contribution in [2.24, 2.45) is 0 Å². The van der Waals surface area contributed by atoms with Gasteiger partial charge in [0.15, 0.2) is 5.78 Å². The Hall–Kier alpha value is -2.39. The zero-order valence-electron chi connectivity index (χ0n) is 12.8. The number of hydrogen-bond donors (Lipinski definition) is 0. The SMILES string of the molecule is CCC(=O)c1ccc(OCc2ccc(Cl)c3cccnc23)cc1. The molecule has 0 fully saturated rings. The number of carbonyl (C=O) groups is 1. The molecule has 0 N–H and O–H groups in total. The van der Waals surface area contributed by atoms with E-state index in [1.165, 1.54) is 0 Å². The van der Waals surface area contributed by atoms with Crippen LogP contribution in [-0.4, -0.2) is 10.8 Å². The number of aromatic nitrogens is 1. The second-order valence-corrected chi connectivity index (χ2v) is 5.60. The number of nitrogens with zero attached hydrogens (tertiary/aromatic N) is 1. The van der Waals surface area contributed by atoms with Crippen LogP contribution in [0.15, 0.2) is 54.7 Å². The average Bonchev–Trinajstić information content (AvgIpc) is 2.61. The van der Waals surface area contributed by atoms with Gasteiger partial charge in [0.1, 0.15) is 12.4 Å². The van der Waals surface area contributed by atoms with Gasteiger partial charge in [-0.1, -0.05) is 24.6 Å². The normalized spacial score (nSPS) is 10.7. The van der Waals surface area contributed by atoms with Crippen LogP contribution < -0.4 is 4.74 Å². The first-order valence-electron chi connectivity index (χ1n) is 7.47. The van der Waals surface area contributed by atoms with Crippen LogP contribution in [0.1, 0.15) is 29.3 Å². The summed E-state index contributed by atoms with van der Waals surface area (Å²) in [5, 5.41) is 1.60. The molecule has 0 saturated heterocycles. The Morgan fingerprint density at radius 3 is 2.65 bits per heavy atom. The predicted octanol–water partition coefficient (Wildman–Crippen LogP) is 5.06. The van der Waals surface area contributed by atoms with Crippen molar-refractivity contribution >= 4 is 28.3 Å². The van der Waals surface area contributed by atoms with Gasteiger partial charge in [-0.3, -0.25) is 9.78 Å². The van der Waals surface area contributed by atoms with Crippen LogP contribution >= 0.6 is 11.6 Å². The summed E-state index contributed by atoms with van der Waals surface area (Å²) in [5.74, 6) is 0.848. The van der Waals surface area contributed by atoms with Crippen LogP contribution in [0.4, 0.5) is 0 Å². The van der Waals surface area contributed by atoms with Crippen molar-refractivity contribution in [3.05, 3.63) is 70.9 Å². The van der Waals surface area contributed by atoms with Crippen molar-refractivity contribution in [3.63, 3.8) is 0 Å². The van der Waals surface area contributed by atoms with E-state index < -0.39 is 0 Å². The third-order valence-electron chi connectivity index (χ3n) is 3.69. The van der Waals surface area contributed by atoms with E-state index >= 15 is 0 Å². The molecule has 116 valence electrons. The van der Waals surface area contributed by atoms with E-state index in [1.54, 1.807) is 18.3 Å². The summed E-state index contributed by atoms with van der Waals surface area (Å²) >= 11 is 6.19. The van der Waals surface area contributed by atoms with Gasteiger partial charge < -0.3 is 4.74 Å². The van der Waals surface area contributed by atoms with Gasteiger partial charge in [0.2, 0.25) is 0 Å². The molecule has 3 nitrogen and oxygen atoms in total. The van der Waals surface area contributed by atoms with Crippen molar-refractivity contribution in [1.82, 2.24) is 4.98 Å². The summed E-state index contributed by atoms with van der Waals surface area (Å²) in [6.45, 7) is 2.25. The fourth-order valence-corrected chi connectivity index (χ4v) is 2.63. The van der Waals surface area contributed by atoms with Crippen molar-refractivity contribution < 1.29 is 9.53 Å². The maximum Gasteiger partial charge on any atom is 0.162 e. The van der Waals surface area contributed by atoms with Gasteiger partial charge >= 0.3 is 0 Å². The lowest BCUT2D eigenvalue weighted by Crippen LogP contribution is -1.99. The van der Waals surface area contributed by atoms with Crippen molar-refractivity contribution in [1.29, 1.82) is 0 Å². The molecular weight excluding hydrogens is 310 g/mol. The molecule has 0 aliphatic rings. The van der Waals surface area contributed by atoms with E-state index in [0.717, 1.165) is 22.2 Å². The first-order valence-corrected chi connectivity index (χ1v) is 7.85. The highest BCUT2D eigenvalue weighted by Crippen LogP contribution is 2.25. The van der Waals surface area contributed by atoms with Gasteiger partial charge in [-0.25, -0.2) is 0 Å². The molecule has 0 unspecified atom stereocenters. The fraction of sp³-hybridized carbons (Fsp3) is 0.158. The summed E-state index contributed by atoms with van der Waals surface area (Å²) in [7, 11) is 0. The standard InChI is InChI=1S/C19H16ClNO2/c1-2-18(22)13-5-8-15(9-6-13)23-12-14-7-10-17(20)16-4-3-11-21-19(14)16/h3-11H,2,12H2,1H3. The lowest BCUT2D eigenvalue weighted by Gasteiger charge is -2.10. The molecule has 1 heterocycles. The molecule has 0 amide bonds. The highest BCUT2D eigenvalue weighted by Gasteiger charge is 2.07. The zero-order chi connectivity index (χ0) is 16.2. The average molecular weight is 326 g/mol. The summed E-state index contributed by atoms with van der Waals surface area (Å²) in [5.41, 5.74) is 2.52. The topological polar surface area (TPSA) is 39.2 Å². The fourth-order valence-electron chi connectivity index (χ4n) is 2.42. The number of ketones is 1. The first-order chi connectivity index (χ1) is 11.2. The van der Waals surface area contributed by atoms with E-state index in [2.05, 4.69) is 4.98 Å². The monoisotopic (exact) mass is 325 g/mol. The summed E-state index contributed by atoms with van der Waals surface area (Å²) in [6, 6.07) is 14.8. The van der Waals surface area contributed by atoms with Crippen molar-refractivity contribution in [2.75, 3.05) is 0 Å². The van der Waals surface area contributed by atoms with Crippen molar-refractivity contribution in [3.8, 4) is 5.75 Å². The van der Waals surface area contributed by atoms with Crippen LogP contribution in [-0.2, 0) is 6.61 Å². The third-order valence-corrected chi connectivity index (χ3v) is 4.02. The molecule has 0 aliphatic heterocycles. The van der Waals surface area contributed by atoms with Crippen LogP contribution in [0.2, 0.25) is 5.02 Å². The quantitative estimate of drug-likeness (QED) is 0.615. The Bertz CT molecular complexity index is 844.